The average Bonchev–Trinajstić information content (AvgIpc) is 3.29. The molecule has 0 unspecified atom stereocenters. The lowest BCUT2D eigenvalue weighted by atomic mass is 9.88. The number of likely N-dealkylation sites (tertiary alicyclic amines) is 1. The number of oxime groups is 1. The number of amides is 2. The van der Waals surface area contributed by atoms with Crippen LogP contribution in [0.15, 0.2) is 11.2 Å². The summed E-state index contributed by atoms with van der Waals surface area (Å²) >= 11 is 1.75. The van der Waals surface area contributed by atoms with Gasteiger partial charge in [0.15, 0.2) is 0 Å². The molecule has 1 N–H and O–H groups in total. The third kappa shape index (κ3) is 5.72. The van der Waals surface area contributed by atoms with Crippen LogP contribution in [0, 0.1) is 0 Å². The zero-order chi connectivity index (χ0) is 22.6. The van der Waals surface area contributed by atoms with Crippen LogP contribution in [-0.2, 0) is 22.0 Å². The average molecular weight is 452 g/mol. The number of hydrogen-bond acceptors (Lipinski definition) is 7. The fourth-order valence-electron chi connectivity index (χ4n) is 3.64. The predicted molar refractivity (Wildman–Crippen MR) is 120 cm³/mol. The van der Waals surface area contributed by atoms with Crippen molar-refractivity contribution in [3.05, 3.63) is 17.5 Å². The van der Waals surface area contributed by atoms with Crippen LogP contribution in [0.5, 0.6) is 0 Å². The Morgan fingerprint density at radius 2 is 2.03 bits per heavy atom. The molecule has 1 spiro atoms. The Kier molecular flexibility index (Phi) is 7.18. The van der Waals surface area contributed by atoms with Gasteiger partial charge in [-0.1, -0.05) is 32.9 Å². The van der Waals surface area contributed by atoms with Gasteiger partial charge in [0.1, 0.15) is 11.3 Å². The number of piperidine rings is 1. The summed E-state index contributed by atoms with van der Waals surface area (Å²) < 4.78 is 6.95. The topological polar surface area (TPSA) is 98.1 Å². The predicted octanol–water partition coefficient (Wildman–Crippen LogP) is 2.91. The number of thioether (sulfide) groups is 1. The molecule has 3 heterocycles. The van der Waals surface area contributed by atoms with E-state index in [9.17, 15) is 9.59 Å². The first-order valence-corrected chi connectivity index (χ1v) is 11.9. The molecule has 0 aliphatic carbocycles. The smallest absolute Gasteiger partial charge is 0.392 e. The number of hydrogen-bond donors (Lipinski definition) is 1. The van der Waals surface area contributed by atoms with E-state index in [0.717, 1.165) is 17.2 Å². The van der Waals surface area contributed by atoms with Gasteiger partial charge < -0.3 is 19.8 Å². The SMILES string of the molecule is CCSCCNC(=O)OC1=NOC2(CCN(C(=O)c3cc(C(C)(C)C)nn3C)CC2)C1. The number of aryl methyl sites for hydroxylation is 1. The Balaban J connectivity index is 1.49. The highest BCUT2D eigenvalue weighted by molar-refractivity contribution is 7.99. The zero-order valence-corrected chi connectivity index (χ0v) is 19.9. The monoisotopic (exact) mass is 451 g/mol. The van der Waals surface area contributed by atoms with Crippen molar-refractivity contribution in [1.82, 2.24) is 20.0 Å². The molecule has 172 valence electrons. The van der Waals surface area contributed by atoms with Crippen molar-refractivity contribution >= 4 is 29.7 Å². The maximum Gasteiger partial charge on any atom is 0.413 e. The second-order valence-electron chi connectivity index (χ2n) is 9.03. The van der Waals surface area contributed by atoms with Crippen molar-refractivity contribution in [2.24, 2.45) is 12.2 Å². The minimum atomic E-state index is -0.506. The summed E-state index contributed by atoms with van der Waals surface area (Å²) in [7, 11) is 1.80. The molecule has 2 amide bonds. The summed E-state index contributed by atoms with van der Waals surface area (Å²) in [6, 6.07) is 1.88. The number of aromatic nitrogens is 2. The van der Waals surface area contributed by atoms with E-state index in [2.05, 4.69) is 43.3 Å². The Morgan fingerprint density at radius 1 is 1.32 bits per heavy atom. The maximum atomic E-state index is 13.0. The van der Waals surface area contributed by atoms with E-state index in [1.54, 1.807) is 23.5 Å². The van der Waals surface area contributed by atoms with Crippen molar-refractivity contribution in [2.45, 2.75) is 58.0 Å². The number of alkyl carbamates (subject to hydrolysis) is 1. The second kappa shape index (κ2) is 9.50. The van der Waals surface area contributed by atoms with Gasteiger partial charge in [0, 0.05) is 50.7 Å². The molecule has 0 atom stereocenters. The first-order valence-electron chi connectivity index (χ1n) is 10.8. The summed E-state index contributed by atoms with van der Waals surface area (Å²) in [6.45, 7) is 9.97. The van der Waals surface area contributed by atoms with Crippen LogP contribution in [-0.4, -0.2) is 69.3 Å². The van der Waals surface area contributed by atoms with E-state index >= 15 is 0 Å². The van der Waals surface area contributed by atoms with E-state index in [-0.39, 0.29) is 11.3 Å². The summed E-state index contributed by atoms with van der Waals surface area (Å²) in [5.41, 5.74) is 0.863. The molecule has 0 radical (unpaired) electrons. The van der Waals surface area contributed by atoms with E-state index in [1.807, 2.05) is 11.0 Å². The molecule has 10 heteroatoms. The molecular weight excluding hydrogens is 418 g/mol. The minimum absolute atomic E-state index is 0.0277. The van der Waals surface area contributed by atoms with Gasteiger partial charge >= 0.3 is 6.09 Å². The normalized spacial score (nSPS) is 18.0. The van der Waals surface area contributed by atoms with Crippen LogP contribution < -0.4 is 5.32 Å². The van der Waals surface area contributed by atoms with Crippen molar-refractivity contribution in [3.8, 4) is 0 Å². The van der Waals surface area contributed by atoms with Crippen LogP contribution in [0.1, 0.15) is 63.1 Å². The summed E-state index contributed by atoms with van der Waals surface area (Å²) in [4.78, 5) is 32.4. The van der Waals surface area contributed by atoms with Gasteiger partial charge in [-0.05, 0) is 11.8 Å². The van der Waals surface area contributed by atoms with E-state index in [0.29, 0.717) is 50.5 Å². The lowest BCUT2D eigenvalue weighted by molar-refractivity contribution is -0.0569. The molecule has 1 aromatic heterocycles. The number of carbonyl (C=O) groups excluding carboxylic acids is 2. The van der Waals surface area contributed by atoms with Crippen LogP contribution in [0.3, 0.4) is 0 Å². The minimum Gasteiger partial charge on any atom is -0.392 e. The van der Waals surface area contributed by atoms with Crippen LogP contribution >= 0.6 is 11.8 Å². The third-order valence-electron chi connectivity index (χ3n) is 5.57. The van der Waals surface area contributed by atoms with Crippen LogP contribution in [0.25, 0.3) is 0 Å². The van der Waals surface area contributed by atoms with Gasteiger partial charge in [0.05, 0.1) is 12.1 Å². The fraction of sp³-hybridized carbons (Fsp3) is 0.714. The largest absolute Gasteiger partial charge is 0.413 e. The molecule has 0 saturated carbocycles. The lowest BCUT2D eigenvalue weighted by Crippen LogP contribution is -2.47. The number of carbonyl (C=O) groups is 2. The molecule has 1 aromatic rings. The molecule has 3 rings (SSSR count). The lowest BCUT2D eigenvalue weighted by Gasteiger charge is -2.36. The van der Waals surface area contributed by atoms with Gasteiger partial charge in [0.2, 0.25) is 5.90 Å². The standard InChI is InChI=1S/C21H33N5O4S/c1-6-31-12-9-22-19(28)29-17-14-21(30-24-17)7-10-26(11-8-21)18(27)15-13-16(20(2,3)4)23-25(15)5/h13H,6-12,14H2,1-5H3,(H,22,28). The molecule has 1 fully saturated rings. The first-order chi connectivity index (χ1) is 14.6. The van der Waals surface area contributed by atoms with Crippen molar-refractivity contribution in [1.29, 1.82) is 0 Å². The van der Waals surface area contributed by atoms with Crippen molar-refractivity contribution in [3.63, 3.8) is 0 Å². The molecule has 9 nitrogen and oxygen atoms in total. The Bertz CT molecular complexity index is 837. The van der Waals surface area contributed by atoms with E-state index < -0.39 is 11.7 Å². The Morgan fingerprint density at radius 3 is 2.65 bits per heavy atom. The van der Waals surface area contributed by atoms with Gasteiger partial charge in [-0.3, -0.25) is 9.48 Å². The Labute approximate surface area is 187 Å². The quantitative estimate of drug-likeness (QED) is 0.691. The molecular formula is C21H33N5O4S. The molecule has 1 saturated heterocycles. The summed E-state index contributed by atoms with van der Waals surface area (Å²) in [5, 5.41) is 11.2. The highest BCUT2D eigenvalue weighted by Gasteiger charge is 2.44. The summed E-state index contributed by atoms with van der Waals surface area (Å²) in [6.07, 6.45) is 1.20. The van der Waals surface area contributed by atoms with Crippen LogP contribution in [0.4, 0.5) is 4.79 Å². The highest BCUT2D eigenvalue weighted by Crippen LogP contribution is 2.35. The number of nitrogens with zero attached hydrogens (tertiary/aromatic N) is 4. The van der Waals surface area contributed by atoms with Gasteiger partial charge in [-0.25, -0.2) is 4.79 Å². The third-order valence-corrected chi connectivity index (χ3v) is 6.48. The number of ether oxygens (including phenoxy) is 1. The number of nitrogens with one attached hydrogen (secondary N) is 1. The fourth-order valence-corrected chi connectivity index (χ4v) is 4.17. The molecule has 0 bridgehead atoms. The molecule has 2 aliphatic heterocycles. The van der Waals surface area contributed by atoms with Crippen molar-refractivity contribution < 1.29 is 19.2 Å². The maximum absolute atomic E-state index is 13.0. The first kappa shape index (κ1) is 23.4. The van der Waals surface area contributed by atoms with E-state index in [4.69, 9.17) is 9.57 Å². The van der Waals surface area contributed by atoms with Crippen molar-refractivity contribution in [2.75, 3.05) is 31.1 Å². The highest BCUT2D eigenvalue weighted by atomic mass is 32.2. The number of rotatable bonds is 5. The van der Waals surface area contributed by atoms with E-state index in [1.165, 1.54) is 0 Å². The van der Waals surface area contributed by atoms with Gasteiger partial charge in [-0.15, -0.1) is 0 Å². The van der Waals surface area contributed by atoms with Gasteiger partial charge in [-0.2, -0.15) is 16.9 Å². The Hall–Kier alpha value is -2.23. The molecule has 31 heavy (non-hydrogen) atoms. The van der Waals surface area contributed by atoms with Gasteiger partial charge in [0.25, 0.3) is 5.91 Å². The molecule has 0 aromatic carbocycles. The molecule has 2 aliphatic rings. The zero-order valence-electron chi connectivity index (χ0n) is 19.1. The summed E-state index contributed by atoms with van der Waals surface area (Å²) in [5.74, 6) is 2.12. The van der Waals surface area contributed by atoms with Crippen LogP contribution in [0.2, 0.25) is 0 Å². The second-order valence-corrected chi connectivity index (χ2v) is 10.4.